The van der Waals surface area contributed by atoms with E-state index in [1.807, 2.05) is 12.1 Å². The Labute approximate surface area is 265 Å². The fourth-order valence-corrected chi connectivity index (χ4v) is 5.62. The molecule has 5 N–H and O–H groups in total. The molecule has 0 radical (unpaired) electrons. The second-order valence-corrected chi connectivity index (χ2v) is 11.0. The maximum atomic E-state index is 15.2. The van der Waals surface area contributed by atoms with Crippen molar-refractivity contribution in [1.82, 2.24) is 25.9 Å². The molecule has 0 aliphatic carbocycles. The summed E-state index contributed by atoms with van der Waals surface area (Å²) in [5.74, 6) is 0.127. The molecule has 1 aliphatic heterocycles. The lowest BCUT2D eigenvalue weighted by atomic mass is 10.0. The zero-order valence-electron chi connectivity index (χ0n) is 24.1. The number of hydrogen-bond donors (Lipinski definition) is 5. The minimum absolute atomic E-state index is 0.0323. The van der Waals surface area contributed by atoms with E-state index in [0.29, 0.717) is 75.7 Å². The van der Waals surface area contributed by atoms with Gasteiger partial charge in [0.15, 0.2) is 5.82 Å². The summed E-state index contributed by atoms with van der Waals surface area (Å²) in [5, 5.41) is 22.1. The number of hydrogen-bond acceptors (Lipinski definition) is 8. The zero-order chi connectivity index (χ0) is 31.1. The number of benzene rings is 2. The first-order valence-electron chi connectivity index (χ1n) is 14.2. The van der Waals surface area contributed by atoms with E-state index in [2.05, 4.69) is 26.3 Å². The summed E-state index contributed by atoms with van der Waals surface area (Å²) in [6.45, 7) is 1.79. The van der Waals surface area contributed by atoms with Gasteiger partial charge < -0.3 is 31.1 Å². The molecule has 5 rings (SSSR count). The third-order valence-corrected chi connectivity index (χ3v) is 8.08. The fourth-order valence-electron chi connectivity index (χ4n) is 5.04. The minimum Gasteiger partial charge on any atom is -0.481 e. The van der Waals surface area contributed by atoms with E-state index >= 15 is 4.39 Å². The molecule has 0 bridgehead atoms. The smallest absolute Gasteiger partial charge is 0.220 e. The normalized spacial score (nSPS) is 14.5. The predicted octanol–water partition coefficient (Wildman–Crippen LogP) is 5.46. The van der Waals surface area contributed by atoms with Crippen LogP contribution in [0.1, 0.15) is 24.0 Å². The van der Waals surface area contributed by atoms with Crippen molar-refractivity contribution in [2.45, 2.75) is 32.0 Å². The number of nitrogens with one attached hydrogen (secondary N) is 4. The number of rotatable bonds is 13. The summed E-state index contributed by atoms with van der Waals surface area (Å²) < 4.78 is 20.8. The Morgan fingerprint density at radius 1 is 1.00 bits per heavy atom. The van der Waals surface area contributed by atoms with Crippen molar-refractivity contribution < 1.29 is 19.0 Å². The van der Waals surface area contributed by atoms with Gasteiger partial charge >= 0.3 is 0 Å². The molecule has 9 nitrogen and oxygen atoms in total. The number of aromatic nitrogens is 2. The van der Waals surface area contributed by atoms with Gasteiger partial charge in [-0.15, -0.1) is 0 Å². The molecule has 230 valence electrons. The number of anilines is 2. The summed E-state index contributed by atoms with van der Waals surface area (Å²) in [6.07, 6.45) is 3.01. The summed E-state index contributed by atoms with van der Waals surface area (Å²) in [5.41, 5.74) is 4.34. The average Bonchev–Trinajstić information content (AvgIpc) is 3.45. The van der Waals surface area contributed by atoms with Gasteiger partial charge in [-0.3, -0.25) is 9.78 Å². The molecule has 12 heteroatoms. The lowest BCUT2D eigenvalue weighted by Gasteiger charge is -2.16. The molecule has 1 amide bonds. The SMILES string of the molecule is COc1nc(-c2ccnc(-c3cccc(Nc4cccc(CNCCO)c4F)c3Cl)c2Cl)ccc1CNC[C@@H]1CCC(=O)N1. The Balaban J connectivity index is 1.37. The van der Waals surface area contributed by atoms with Crippen LogP contribution in [-0.4, -0.2) is 53.8 Å². The quantitative estimate of drug-likeness (QED) is 0.123. The first kappa shape index (κ1) is 31.6. The first-order chi connectivity index (χ1) is 21.4. The molecular weight excluding hydrogens is 606 g/mol. The van der Waals surface area contributed by atoms with Crippen molar-refractivity contribution in [2.24, 2.45) is 0 Å². The minimum atomic E-state index is -0.415. The van der Waals surface area contributed by atoms with Crippen LogP contribution in [0.15, 0.2) is 60.8 Å². The van der Waals surface area contributed by atoms with E-state index in [9.17, 15) is 4.79 Å². The van der Waals surface area contributed by atoms with Crippen molar-refractivity contribution in [1.29, 1.82) is 0 Å². The Bertz CT molecular complexity index is 1640. The van der Waals surface area contributed by atoms with Crippen LogP contribution < -0.4 is 26.0 Å². The van der Waals surface area contributed by atoms with Crippen LogP contribution in [0.2, 0.25) is 10.0 Å². The van der Waals surface area contributed by atoms with Gasteiger partial charge in [-0.05, 0) is 30.7 Å². The average molecular weight is 640 g/mol. The molecule has 2 aromatic carbocycles. The van der Waals surface area contributed by atoms with Gasteiger partial charge in [0.2, 0.25) is 11.8 Å². The Morgan fingerprint density at radius 2 is 1.80 bits per heavy atom. The summed E-state index contributed by atoms with van der Waals surface area (Å²) in [6, 6.07) is 16.1. The van der Waals surface area contributed by atoms with E-state index < -0.39 is 5.82 Å². The molecule has 2 aromatic heterocycles. The molecule has 1 aliphatic rings. The highest BCUT2D eigenvalue weighted by Crippen LogP contribution is 2.41. The van der Waals surface area contributed by atoms with Crippen LogP contribution in [0, 0.1) is 5.82 Å². The third-order valence-electron chi connectivity index (χ3n) is 7.29. The highest BCUT2D eigenvalue weighted by molar-refractivity contribution is 6.39. The molecular formula is C32H33Cl2FN6O3. The first-order valence-corrected chi connectivity index (χ1v) is 15.0. The van der Waals surface area contributed by atoms with Gasteiger partial charge in [-0.25, -0.2) is 9.37 Å². The van der Waals surface area contributed by atoms with E-state index in [1.54, 1.807) is 55.8 Å². The van der Waals surface area contributed by atoms with Crippen LogP contribution in [0.5, 0.6) is 5.88 Å². The largest absolute Gasteiger partial charge is 0.481 e. The number of amides is 1. The van der Waals surface area contributed by atoms with Gasteiger partial charge in [0.1, 0.15) is 0 Å². The van der Waals surface area contributed by atoms with Crippen LogP contribution in [0.25, 0.3) is 22.5 Å². The number of aliphatic hydroxyl groups is 1. The monoisotopic (exact) mass is 638 g/mol. The zero-order valence-corrected chi connectivity index (χ0v) is 25.6. The number of ether oxygens (including phenoxy) is 1. The highest BCUT2D eigenvalue weighted by atomic mass is 35.5. The van der Waals surface area contributed by atoms with Crippen molar-refractivity contribution in [2.75, 3.05) is 32.1 Å². The Hall–Kier alpha value is -3.80. The molecule has 3 heterocycles. The topological polar surface area (TPSA) is 120 Å². The fraction of sp³-hybridized carbons (Fsp3) is 0.281. The van der Waals surface area contributed by atoms with Gasteiger partial charge in [-0.1, -0.05) is 53.5 Å². The van der Waals surface area contributed by atoms with Crippen molar-refractivity contribution >= 4 is 40.5 Å². The number of pyridine rings is 2. The number of halogens is 3. The van der Waals surface area contributed by atoms with E-state index in [-0.39, 0.29) is 30.8 Å². The summed E-state index contributed by atoms with van der Waals surface area (Å²) >= 11 is 13.8. The molecule has 44 heavy (non-hydrogen) atoms. The second-order valence-electron chi connectivity index (χ2n) is 10.3. The number of nitrogens with zero attached hydrogens (tertiary/aromatic N) is 2. The molecule has 0 saturated carbocycles. The number of methoxy groups -OCH3 is 1. The van der Waals surface area contributed by atoms with Crippen molar-refractivity contribution in [3.8, 4) is 28.4 Å². The summed E-state index contributed by atoms with van der Waals surface area (Å²) in [4.78, 5) is 20.7. The molecule has 1 atom stereocenters. The van der Waals surface area contributed by atoms with Gasteiger partial charge in [0.05, 0.1) is 46.5 Å². The van der Waals surface area contributed by atoms with Crippen LogP contribution in [0.3, 0.4) is 0 Å². The van der Waals surface area contributed by atoms with E-state index in [1.165, 1.54) is 0 Å². The van der Waals surface area contributed by atoms with E-state index in [0.717, 1.165) is 12.0 Å². The maximum Gasteiger partial charge on any atom is 0.220 e. The molecule has 4 aromatic rings. The second kappa shape index (κ2) is 14.8. The third kappa shape index (κ3) is 7.28. The Kier molecular flexibility index (Phi) is 10.6. The van der Waals surface area contributed by atoms with Crippen LogP contribution in [0.4, 0.5) is 15.8 Å². The lowest BCUT2D eigenvalue weighted by molar-refractivity contribution is -0.119. The molecule has 1 fully saturated rings. The standard InChI is InChI=1S/C32H33Cl2FN6O3/c1-44-32-20(17-37-18-21-9-11-27(43)39-21)8-10-24(41-32)22-12-13-38-31(29(22)34)23-5-3-6-25(28(23)33)40-26-7-2-4-19(30(26)35)16-36-14-15-42/h2-8,10,12-13,21,36-37,40,42H,9,11,14-18H2,1H3,(H,39,43)/t21-/m0/s1. The lowest BCUT2D eigenvalue weighted by Crippen LogP contribution is -2.35. The van der Waals surface area contributed by atoms with Gasteiger partial charge in [-0.2, -0.15) is 0 Å². The van der Waals surface area contributed by atoms with Crippen LogP contribution >= 0.6 is 23.2 Å². The predicted molar refractivity (Wildman–Crippen MR) is 171 cm³/mol. The van der Waals surface area contributed by atoms with Crippen molar-refractivity contribution in [3.05, 3.63) is 87.8 Å². The summed E-state index contributed by atoms with van der Waals surface area (Å²) in [7, 11) is 1.56. The molecule has 1 saturated heterocycles. The van der Waals surface area contributed by atoms with Gasteiger partial charge in [0.25, 0.3) is 0 Å². The molecule has 0 unspecified atom stereocenters. The van der Waals surface area contributed by atoms with Gasteiger partial charge in [0, 0.05) is 67.1 Å². The number of carbonyl (C=O) groups is 1. The number of aliphatic hydroxyl groups excluding tert-OH is 1. The van der Waals surface area contributed by atoms with E-state index in [4.69, 9.17) is 38.0 Å². The number of carbonyl (C=O) groups excluding carboxylic acids is 1. The van der Waals surface area contributed by atoms with Crippen molar-refractivity contribution in [3.63, 3.8) is 0 Å². The molecule has 0 spiro atoms. The van der Waals surface area contributed by atoms with Crippen LogP contribution in [-0.2, 0) is 17.9 Å². The Morgan fingerprint density at radius 3 is 2.57 bits per heavy atom. The highest BCUT2D eigenvalue weighted by Gasteiger charge is 2.21. The maximum absolute atomic E-state index is 15.2.